The van der Waals surface area contributed by atoms with Crippen LogP contribution in [0.2, 0.25) is 0 Å². The van der Waals surface area contributed by atoms with Crippen LogP contribution in [0.15, 0.2) is 24.3 Å². The lowest BCUT2D eigenvalue weighted by atomic mass is 9.82. The summed E-state index contributed by atoms with van der Waals surface area (Å²) in [4.78, 5) is 189. The van der Waals surface area contributed by atoms with Gasteiger partial charge >= 0.3 is 5.97 Å². The average Bonchev–Trinajstić information content (AvgIpc) is 1.51. The zero-order chi connectivity index (χ0) is 83.5. The highest BCUT2D eigenvalue weighted by Gasteiger charge is 2.45. The molecule has 36 heteroatoms. The molecule has 4 heterocycles. The topological polar surface area (TPSA) is 521 Å². The Morgan fingerprint density at radius 2 is 1.08 bits per heavy atom. The van der Waals surface area contributed by atoms with Crippen LogP contribution < -0.4 is 80.2 Å². The number of benzene rings is 1. The van der Waals surface area contributed by atoms with Crippen LogP contribution in [-0.2, 0) is 73.8 Å². The molecule has 34 nitrogen and oxygen atoms in total. The Hall–Kier alpha value is -7.29. The number of primary amides is 1. The van der Waals surface area contributed by atoms with Crippen molar-refractivity contribution in [1.29, 1.82) is 0 Å². The first-order valence-corrected chi connectivity index (χ1v) is 43.1. The largest absolute Gasteiger partial charge is 0.481 e. The number of carbonyl (C=O) groups is 13. The summed E-state index contributed by atoms with van der Waals surface area (Å²) in [6, 6.07) is -8.83. The maximum Gasteiger partial charge on any atom is 0.303 e. The van der Waals surface area contributed by atoms with E-state index in [1.165, 1.54) is 44.4 Å². The number of hydrogen-bond donors (Lipinski definition) is 20. The van der Waals surface area contributed by atoms with Crippen LogP contribution in [0.1, 0.15) is 194 Å². The minimum absolute atomic E-state index is 0.00744. The number of aliphatic hydroxyl groups is 4. The number of hydrogen-bond acceptors (Lipinski definition) is 23. The minimum atomic E-state index is -1.78. The number of piperidine rings is 1. The van der Waals surface area contributed by atoms with Crippen molar-refractivity contribution in [2.24, 2.45) is 34.8 Å². The Morgan fingerprint density at radius 1 is 0.570 bits per heavy atom. The fraction of sp³-hybridized carbons (Fsp3) is 0.756. The molecule has 2 bridgehead atoms. The number of rotatable bonds is 18. The number of likely N-dealkylation sites (N-methyl/N-ethyl adjacent to an activating group) is 1. The molecule has 1 aromatic rings. The monoisotopic (exact) mass is 1640 g/mol. The lowest BCUT2D eigenvalue weighted by molar-refractivity contribution is -0.145. The number of amides is 12. The molecule has 0 radical (unpaired) electrons. The van der Waals surface area contributed by atoms with E-state index in [-0.39, 0.29) is 87.0 Å². The number of carbonyl (C=O) groups excluding carboxylic acids is 12. The zero-order valence-electron chi connectivity index (χ0n) is 67.3. The highest BCUT2D eigenvalue weighted by atomic mass is 32.2. The smallest absolute Gasteiger partial charge is 0.303 e. The summed E-state index contributed by atoms with van der Waals surface area (Å²) in [6.45, 7) is 13.1. The number of fused-ring (bicyclic) bond motifs is 3. The second kappa shape index (κ2) is 46.0. The summed E-state index contributed by atoms with van der Waals surface area (Å²) in [5.74, 6) is -11.0. The third-order valence-corrected chi connectivity index (χ3v) is 24.8. The predicted molar refractivity (Wildman–Crippen MR) is 428 cm³/mol. The van der Waals surface area contributed by atoms with E-state index in [1.54, 1.807) is 34.6 Å². The van der Waals surface area contributed by atoms with Crippen molar-refractivity contribution in [3.05, 3.63) is 35.4 Å². The van der Waals surface area contributed by atoms with E-state index < -0.39 is 192 Å². The summed E-state index contributed by atoms with van der Waals surface area (Å²) < 4.78 is 0. The molecule has 1 aromatic carbocycles. The van der Waals surface area contributed by atoms with Gasteiger partial charge in [-0.1, -0.05) is 71.7 Å². The van der Waals surface area contributed by atoms with Gasteiger partial charge in [-0.3, -0.25) is 62.3 Å². The number of carboxylic acids is 1. The molecular formula is C78H128N16O18S2. The van der Waals surface area contributed by atoms with Gasteiger partial charge in [0.2, 0.25) is 70.9 Å². The Balaban J connectivity index is 1.24. The van der Waals surface area contributed by atoms with E-state index in [2.05, 4.69) is 74.4 Å². The number of thioether (sulfide) groups is 2. The Labute approximate surface area is 677 Å². The number of nitrogens with one attached hydrogen (secondary N) is 14. The van der Waals surface area contributed by atoms with Crippen LogP contribution in [-0.4, -0.2) is 255 Å². The summed E-state index contributed by atoms with van der Waals surface area (Å²) in [5.41, 5.74) is 6.69. The van der Waals surface area contributed by atoms with Gasteiger partial charge in [0.1, 0.15) is 66.5 Å². The molecule has 4 unspecified atom stereocenters. The van der Waals surface area contributed by atoms with Gasteiger partial charge < -0.3 is 111 Å². The molecule has 0 spiro atoms. The molecule has 2 aliphatic carbocycles. The summed E-state index contributed by atoms with van der Waals surface area (Å²) in [6.07, 6.45) is -0.0348. The lowest BCUT2D eigenvalue weighted by Gasteiger charge is -2.36. The number of carboxylic acid groups (broad SMARTS) is 1. The molecule has 7 rings (SSSR count). The number of nitrogens with two attached hydrogens (primary N) is 1. The van der Waals surface area contributed by atoms with Crippen molar-refractivity contribution in [3.63, 3.8) is 0 Å². The standard InChI is InChI=1S/C78H128N16O18S2/c1-9-13-53-68(103)86-55(26-27-62(100)101)77(112)94(8)60(33-45-20-24-51(98)25-21-45)73(108)85-54(14-10-2)69(104)92-64(43(4)96)75(110)90-59(66(79)102)40-114-39-47-16-11-15-46(31-47)38-113-30-28-61(99)91-65(78(5,6)7)76(111)89-56(32-44-18-22-50(97)23-19-44)70(105)87-58(35-49-37-80-41-83-49)72(107)93-63(42(3)95)74(109)88-57(71(106)84-53)34-48-36-82-67-52(48)17-12-29-81-67/h11,15-16,31,42-45,48-60,63-65,67,80-83,95-98H,9-10,12-14,17-30,32-41H2,1-8H3,(H2,79,102)(H,84,106)(H,85,108)(H,86,103)(H,87,105)(H,88,109)(H,89,111)(H,90,110)(H,91,99)(H,92,104)(H,93,107)(H,100,101)/t42-,43-,44?,45?,48?,49?,50?,51?,52?,53+,54+,55+,56+,57+,58+,59+,60+,63+,64+,65-,67?/m1/s1. The molecule has 0 aromatic heterocycles. The van der Waals surface area contributed by atoms with Crippen LogP contribution >= 0.6 is 23.5 Å². The maximum atomic E-state index is 15.2. The molecule has 114 heavy (non-hydrogen) atoms. The molecule has 5 fully saturated rings. The normalized spacial score (nSPS) is 32.4. The lowest BCUT2D eigenvalue weighted by Crippen LogP contribution is -2.63. The minimum Gasteiger partial charge on any atom is -0.481 e. The van der Waals surface area contributed by atoms with E-state index in [1.807, 2.05) is 24.3 Å². The van der Waals surface area contributed by atoms with Gasteiger partial charge in [0.25, 0.3) is 0 Å². The molecule has 17 atom stereocenters. The first-order chi connectivity index (χ1) is 54.1. The van der Waals surface area contributed by atoms with Crippen molar-refractivity contribution in [2.75, 3.05) is 44.9 Å². The quantitative estimate of drug-likeness (QED) is 0.0814. The van der Waals surface area contributed by atoms with Crippen LogP contribution in [0, 0.1) is 29.1 Å². The van der Waals surface area contributed by atoms with Crippen LogP contribution in [0.5, 0.6) is 0 Å². The van der Waals surface area contributed by atoms with Gasteiger partial charge in [0.05, 0.1) is 30.6 Å². The molecule has 2 saturated carbocycles. The zero-order valence-corrected chi connectivity index (χ0v) is 69.0. The van der Waals surface area contributed by atoms with Crippen molar-refractivity contribution in [1.82, 2.24) is 79.3 Å². The van der Waals surface area contributed by atoms with Crippen molar-refractivity contribution in [2.45, 2.75) is 298 Å². The Kier molecular flexibility index (Phi) is 37.9. The van der Waals surface area contributed by atoms with Gasteiger partial charge in [-0.05, 0) is 176 Å². The highest BCUT2D eigenvalue weighted by molar-refractivity contribution is 7.98. The highest BCUT2D eigenvalue weighted by Crippen LogP contribution is 2.34. The molecular weight excluding hydrogens is 1510 g/mol. The maximum absolute atomic E-state index is 15.2. The van der Waals surface area contributed by atoms with E-state index in [0.29, 0.717) is 94.8 Å². The third-order valence-electron chi connectivity index (χ3n) is 22.6. The first-order valence-electron chi connectivity index (χ1n) is 40.8. The molecule has 6 aliphatic rings. The fourth-order valence-electron chi connectivity index (χ4n) is 16.0. The number of aliphatic carboxylic acids is 1. The van der Waals surface area contributed by atoms with E-state index >= 15 is 28.8 Å². The van der Waals surface area contributed by atoms with Crippen molar-refractivity contribution < 1.29 is 87.9 Å². The van der Waals surface area contributed by atoms with Gasteiger partial charge in [-0.2, -0.15) is 23.5 Å². The summed E-state index contributed by atoms with van der Waals surface area (Å²) in [7, 11) is 1.29. The summed E-state index contributed by atoms with van der Waals surface area (Å²) >= 11 is 2.74. The molecule has 4 aliphatic heterocycles. The molecule has 12 amide bonds. The van der Waals surface area contributed by atoms with Gasteiger partial charge in [0, 0.05) is 62.2 Å². The second-order valence-electron chi connectivity index (χ2n) is 33.0. The van der Waals surface area contributed by atoms with E-state index in [4.69, 9.17) is 5.73 Å². The molecule has 640 valence electrons. The predicted octanol–water partition coefficient (Wildman–Crippen LogP) is -1.28. The Bertz CT molecular complexity index is 3410. The third kappa shape index (κ3) is 29.4. The van der Waals surface area contributed by atoms with Gasteiger partial charge in [0.15, 0.2) is 0 Å². The van der Waals surface area contributed by atoms with Crippen molar-refractivity contribution in [3.8, 4) is 0 Å². The second-order valence-corrected chi connectivity index (χ2v) is 35.1. The van der Waals surface area contributed by atoms with Crippen LogP contribution in [0.4, 0.5) is 0 Å². The SMILES string of the molecule is CCC[C@@H]1NC(=O)[C@H](CC2CNC3NCCCC23)NC(=O)[C@H]([C@@H](C)O)NC(=O)[C@H](CC2CNCN2)NC(=O)[C@H](CC2CCC(O)CC2)NC(=O)[C@H](C(C)(C)C)NC(=O)CCSCc2cccc(c2)CSC[C@@H](C(N)=O)NC(=O)[C@H]([C@@H](C)O)NC(=O)[C@H](CCC)NC(=O)[C@H](CC2CCC(O)CC2)N(C)C(=O)[C@H](CCC(=O)O)NC1=O. The number of aliphatic hydroxyl groups excluding tert-OH is 4. The van der Waals surface area contributed by atoms with Gasteiger partial charge in [-0.15, -0.1) is 0 Å². The first kappa shape index (κ1) is 93.9. The average molecular weight is 1640 g/mol. The number of nitrogens with zero attached hydrogens (tertiary/aromatic N) is 1. The van der Waals surface area contributed by atoms with Crippen LogP contribution in [0.3, 0.4) is 0 Å². The fourth-order valence-corrected chi connectivity index (χ4v) is 17.9. The van der Waals surface area contributed by atoms with Crippen molar-refractivity contribution >= 4 is 100 Å². The van der Waals surface area contributed by atoms with Gasteiger partial charge in [-0.25, -0.2) is 0 Å². The molecule has 3 saturated heterocycles. The van der Waals surface area contributed by atoms with Crippen LogP contribution in [0.25, 0.3) is 0 Å². The summed E-state index contributed by atoms with van der Waals surface area (Å²) in [5, 5.41) is 94.4. The Morgan fingerprint density at radius 3 is 1.64 bits per heavy atom. The molecule has 21 N–H and O–H groups in total. The van der Waals surface area contributed by atoms with E-state index in [9.17, 15) is 59.1 Å². The van der Waals surface area contributed by atoms with E-state index in [0.717, 1.165) is 35.4 Å².